The molecule has 0 amide bonds. The first-order chi connectivity index (χ1) is 13.8. The Bertz CT molecular complexity index is 1220. The molecule has 0 spiro atoms. The first-order valence-corrected chi connectivity index (χ1v) is 9.02. The summed E-state index contributed by atoms with van der Waals surface area (Å²) in [6.45, 7) is 0. The van der Waals surface area contributed by atoms with Crippen molar-refractivity contribution in [2.45, 2.75) is 6.18 Å². The number of benzene rings is 3. The zero-order chi connectivity index (χ0) is 20.8. The maximum atomic E-state index is 13.4. The van der Waals surface area contributed by atoms with Gasteiger partial charge in [-0.1, -0.05) is 48.0 Å². The molecule has 0 aliphatic carbocycles. The number of nitrogens with zero attached hydrogens (tertiary/aromatic N) is 3. The second kappa shape index (κ2) is 7.08. The fourth-order valence-electron chi connectivity index (χ4n) is 3.38. The quantitative estimate of drug-likeness (QED) is 0.411. The van der Waals surface area contributed by atoms with E-state index in [2.05, 4.69) is 10.2 Å². The van der Waals surface area contributed by atoms with E-state index >= 15 is 0 Å². The number of rotatable bonds is 3. The standard InChI is InChI=1S/C21H15ClF3N3O/c1-28-19(14-8-5-7-13-12(14)10-11-17(29-2)18(13)22)26-27-20(28)15-6-3-4-9-16(15)21(23,24)25/h3-11H,1-2H3. The Kier molecular flexibility index (Phi) is 4.70. The minimum Gasteiger partial charge on any atom is -0.495 e. The molecule has 4 rings (SSSR count). The molecule has 4 nitrogen and oxygen atoms in total. The third-order valence-electron chi connectivity index (χ3n) is 4.77. The fourth-order valence-corrected chi connectivity index (χ4v) is 3.68. The van der Waals surface area contributed by atoms with Gasteiger partial charge in [0.05, 0.1) is 17.7 Å². The molecule has 0 bridgehead atoms. The van der Waals surface area contributed by atoms with Crippen LogP contribution in [0.15, 0.2) is 54.6 Å². The summed E-state index contributed by atoms with van der Waals surface area (Å²) in [5, 5.41) is 10.2. The van der Waals surface area contributed by atoms with Crippen molar-refractivity contribution < 1.29 is 17.9 Å². The van der Waals surface area contributed by atoms with Crippen molar-refractivity contribution in [1.29, 1.82) is 0 Å². The van der Waals surface area contributed by atoms with Crippen LogP contribution in [0.2, 0.25) is 5.02 Å². The van der Waals surface area contributed by atoms with Crippen LogP contribution < -0.4 is 4.74 Å². The van der Waals surface area contributed by atoms with Crippen LogP contribution in [0.1, 0.15) is 5.56 Å². The van der Waals surface area contributed by atoms with Crippen LogP contribution in [-0.4, -0.2) is 21.9 Å². The molecular weight excluding hydrogens is 403 g/mol. The maximum absolute atomic E-state index is 13.4. The molecule has 1 heterocycles. The van der Waals surface area contributed by atoms with E-state index in [0.717, 1.165) is 16.8 Å². The van der Waals surface area contributed by atoms with Gasteiger partial charge in [-0.2, -0.15) is 13.2 Å². The summed E-state index contributed by atoms with van der Waals surface area (Å²) in [6.07, 6.45) is -4.49. The molecule has 0 radical (unpaired) electrons. The van der Waals surface area contributed by atoms with Crippen LogP contribution in [0.4, 0.5) is 13.2 Å². The summed E-state index contributed by atoms with van der Waals surface area (Å²) in [5.74, 6) is 1.10. The first-order valence-electron chi connectivity index (χ1n) is 8.64. The summed E-state index contributed by atoms with van der Waals surface area (Å²) in [5.41, 5.74) is -0.0771. The highest BCUT2D eigenvalue weighted by atomic mass is 35.5. The van der Waals surface area contributed by atoms with Gasteiger partial charge in [0, 0.05) is 23.6 Å². The molecule has 0 saturated carbocycles. The number of ether oxygens (including phenoxy) is 1. The summed E-state index contributed by atoms with van der Waals surface area (Å²) < 4.78 is 47.1. The number of hydrogen-bond donors (Lipinski definition) is 0. The van der Waals surface area contributed by atoms with E-state index in [-0.39, 0.29) is 11.4 Å². The van der Waals surface area contributed by atoms with Crippen molar-refractivity contribution in [3.05, 3.63) is 65.2 Å². The van der Waals surface area contributed by atoms with Gasteiger partial charge in [0.2, 0.25) is 0 Å². The summed E-state index contributed by atoms with van der Waals surface area (Å²) in [7, 11) is 3.17. The Labute approximate surface area is 169 Å². The lowest BCUT2D eigenvalue weighted by Crippen LogP contribution is -2.08. The van der Waals surface area contributed by atoms with Crippen molar-refractivity contribution in [2.75, 3.05) is 7.11 Å². The number of alkyl halides is 3. The van der Waals surface area contributed by atoms with Crippen LogP contribution in [0.25, 0.3) is 33.5 Å². The van der Waals surface area contributed by atoms with Gasteiger partial charge in [-0.15, -0.1) is 10.2 Å². The molecule has 0 N–H and O–H groups in total. The molecule has 3 aromatic carbocycles. The van der Waals surface area contributed by atoms with Crippen molar-refractivity contribution >= 4 is 22.4 Å². The van der Waals surface area contributed by atoms with Crippen molar-refractivity contribution in [2.24, 2.45) is 7.05 Å². The Morgan fingerprint density at radius 1 is 0.862 bits per heavy atom. The predicted octanol–water partition coefficient (Wildman–Crippen LogP) is 5.98. The molecule has 29 heavy (non-hydrogen) atoms. The molecule has 4 aromatic rings. The smallest absolute Gasteiger partial charge is 0.417 e. The zero-order valence-electron chi connectivity index (χ0n) is 15.5. The summed E-state index contributed by atoms with van der Waals surface area (Å²) >= 11 is 6.42. The van der Waals surface area contributed by atoms with Gasteiger partial charge < -0.3 is 9.30 Å². The molecule has 1 aromatic heterocycles. The van der Waals surface area contributed by atoms with E-state index in [0.29, 0.717) is 22.2 Å². The second-order valence-electron chi connectivity index (χ2n) is 6.43. The van der Waals surface area contributed by atoms with Crippen LogP contribution in [-0.2, 0) is 13.2 Å². The van der Waals surface area contributed by atoms with Gasteiger partial charge >= 0.3 is 6.18 Å². The molecule has 0 saturated heterocycles. The van der Waals surface area contributed by atoms with Crippen molar-refractivity contribution in [1.82, 2.24) is 14.8 Å². The minimum atomic E-state index is -4.49. The van der Waals surface area contributed by atoms with Crippen LogP contribution in [0.3, 0.4) is 0 Å². The van der Waals surface area contributed by atoms with E-state index in [1.54, 1.807) is 29.8 Å². The maximum Gasteiger partial charge on any atom is 0.417 e. The third kappa shape index (κ3) is 3.21. The van der Waals surface area contributed by atoms with E-state index in [9.17, 15) is 13.2 Å². The average Bonchev–Trinajstić information content (AvgIpc) is 3.08. The van der Waals surface area contributed by atoms with E-state index in [4.69, 9.17) is 16.3 Å². The highest BCUT2D eigenvalue weighted by molar-refractivity contribution is 6.37. The normalized spacial score (nSPS) is 11.8. The highest BCUT2D eigenvalue weighted by Crippen LogP contribution is 2.39. The van der Waals surface area contributed by atoms with Crippen LogP contribution in [0.5, 0.6) is 5.75 Å². The van der Waals surface area contributed by atoms with Crippen molar-refractivity contribution in [3.8, 4) is 28.5 Å². The number of halogens is 4. The van der Waals surface area contributed by atoms with Gasteiger partial charge in [0.25, 0.3) is 0 Å². The molecule has 0 aliphatic rings. The predicted molar refractivity (Wildman–Crippen MR) is 106 cm³/mol. The molecule has 0 atom stereocenters. The summed E-state index contributed by atoms with van der Waals surface area (Å²) in [6, 6.07) is 14.4. The lowest BCUT2D eigenvalue weighted by atomic mass is 10.0. The third-order valence-corrected chi connectivity index (χ3v) is 5.16. The monoisotopic (exact) mass is 417 g/mol. The molecule has 8 heteroatoms. The van der Waals surface area contributed by atoms with E-state index in [1.807, 2.05) is 18.2 Å². The Hall–Kier alpha value is -3.06. The fraction of sp³-hybridized carbons (Fsp3) is 0.143. The largest absolute Gasteiger partial charge is 0.495 e. The molecule has 0 aliphatic heterocycles. The Morgan fingerprint density at radius 2 is 1.52 bits per heavy atom. The van der Waals surface area contributed by atoms with Gasteiger partial charge in [-0.05, 0) is 23.6 Å². The first kappa shape index (κ1) is 19.3. The average molecular weight is 418 g/mol. The number of hydrogen-bond acceptors (Lipinski definition) is 3. The molecular formula is C21H15ClF3N3O. The van der Waals surface area contributed by atoms with Gasteiger partial charge in [0.1, 0.15) is 5.75 Å². The number of aromatic nitrogens is 3. The zero-order valence-corrected chi connectivity index (χ0v) is 16.2. The lowest BCUT2D eigenvalue weighted by molar-refractivity contribution is -0.137. The lowest BCUT2D eigenvalue weighted by Gasteiger charge is -2.13. The number of fused-ring (bicyclic) bond motifs is 1. The van der Waals surface area contributed by atoms with Gasteiger partial charge in [-0.3, -0.25) is 0 Å². The van der Waals surface area contributed by atoms with Gasteiger partial charge in [-0.25, -0.2) is 0 Å². The highest BCUT2D eigenvalue weighted by Gasteiger charge is 2.34. The molecule has 0 fully saturated rings. The van der Waals surface area contributed by atoms with Gasteiger partial charge in [0.15, 0.2) is 11.6 Å². The van der Waals surface area contributed by atoms with E-state index < -0.39 is 11.7 Å². The van der Waals surface area contributed by atoms with Crippen molar-refractivity contribution in [3.63, 3.8) is 0 Å². The second-order valence-corrected chi connectivity index (χ2v) is 6.81. The molecule has 0 unspecified atom stereocenters. The topological polar surface area (TPSA) is 39.9 Å². The Balaban J connectivity index is 1.91. The SMILES string of the molecule is COc1ccc2c(-c3nnc(-c4ccccc4C(F)(F)F)n3C)cccc2c1Cl. The Morgan fingerprint density at radius 3 is 2.21 bits per heavy atom. The number of methoxy groups -OCH3 is 1. The minimum absolute atomic E-state index is 0.0267. The van der Waals surface area contributed by atoms with E-state index in [1.165, 1.54) is 19.2 Å². The summed E-state index contributed by atoms with van der Waals surface area (Å²) in [4.78, 5) is 0. The van der Waals surface area contributed by atoms with Crippen LogP contribution in [0, 0.1) is 0 Å². The molecule has 148 valence electrons. The van der Waals surface area contributed by atoms with Crippen LogP contribution >= 0.6 is 11.6 Å².